The van der Waals surface area contributed by atoms with Gasteiger partial charge in [-0.25, -0.2) is 0 Å². The molecule has 4 rings (SSSR count). The Kier molecular flexibility index (Phi) is 8.58. The van der Waals surface area contributed by atoms with Crippen molar-refractivity contribution in [3.8, 4) is 0 Å². The van der Waals surface area contributed by atoms with E-state index in [9.17, 15) is 19.5 Å². The minimum absolute atomic E-state index is 0.00468. The van der Waals surface area contributed by atoms with Gasteiger partial charge >= 0.3 is 0 Å². The first kappa shape index (κ1) is 30.4. The van der Waals surface area contributed by atoms with E-state index < -0.39 is 34.2 Å². The van der Waals surface area contributed by atoms with Crippen LogP contribution >= 0.6 is 27.7 Å². The van der Waals surface area contributed by atoms with E-state index in [0.717, 1.165) is 12.8 Å². The molecule has 0 radical (unpaired) electrons. The van der Waals surface area contributed by atoms with Gasteiger partial charge in [0.15, 0.2) is 0 Å². The fourth-order valence-corrected chi connectivity index (χ4v) is 11.0. The molecule has 216 valence electrons. The van der Waals surface area contributed by atoms with Crippen LogP contribution in [-0.4, -0.2) is 66.8 Å². The number of nitrogens with one attached hydrogen (secondary N) is 2. The summed E-state index contributed by atoms with van der Waals surface area (Å²) in [5.74, 6) is -1.80. The van der Waals surface area contributed by atoms with Crippen molar-refractivity contribution in [1.82, 2.24) is 10.2 Å². The van der Waals surface area contributed by atoms with Gasteiger partial charge in [0.2, 0.25) is 17.7 Å². The van der Waals surface area contributed by atoms with Crippen LogP contribution in [0, 0.1) is 23.2 Å². The van der Waals surface area contributed by atoms with Crippen LogP contribution < -0.4 is 10.6 Å². The van der Waals surface area contributed by atoms with Gasteiger partial charge in [-0.3, -0.25) is 14.4 Å². The highest BCUT2D eigenvalue weighted by molar-refractivity contribution is 9.09. The summed E-state index contributed by atoms with van der Waals surface area (Å²) >= 11 is 5.45. The number of amides is 3. The van der Waals surface area contributed by atoms with Gasteiger partial charge < -0.3 is 20.6 Å². The van der Waals surface area contributed by atoms with Gasteiger partial charge in [-0.1, -0.05) is 75.2 Å². The Morgan fingerprint density at radius 3 is 2.38 bits per heavy atom. The Morgan fingerprint density at radius 2 is 1.82 bits per heavy atom. The van der Waals surface area contributed by atoms with Gasteiger partial charge in [0.1, 0.15) is 6.04 Å². The first-order valence-electron chi connectivity index (χ1n) is 14.1. The summed E-state index contributed by atoms with van der Waals surface area (Å²) < 4.78 is -0.753. The average Bonchev–Trinajstić information content (AvgIpc) is 3.42. The summed E-state index contributed by atoms with van der Waals surface area (Å²) in [7, 11) is 0. The predicted octanol–water partition coefficient (Wildman–Crippen LogP) is 4.83. The predicted molar refractivity (Wildman–Crippen MR) is 161 cm³/mol. The number of likely N-dealkylation sites (tertiary alicyclic amines) is 1. The molecule has 7 nitrogen and oxygen atoms in total. The Bertz CT molecular complexity index is 1090. The van der Waals surface area contributed by atoms with Crippen molar-refractivity contribution < 1.29 is 19.5 Å². The number of fused-ring (bicyclic) bond motifs is 1. The molecule has 3 heterocycles. The van der Waals surface area contributed by atoms with Crippen LogP contribution in [0.5, 0.6) is 0 Å². The number of aliphatic hydroxyl groups is 1. The largest absolute Gasteiger partial charge is 0.394 e. The molecular formula is C30H44BrN3O4S. The number of halogens is 1. The van der Waals surface area contributed by atoms with E-state index >= 15 is 0 Å². The lowest BCUT2D eigenvalue weighted by molar-refractivity contribution is -0.143. The lowest BCUT2D eigenvalue weighted by atomic mass is 9.70. The summed E-state index contributed by atoms with van der Waals surface area (Å²) in [6.07, 6.45) is 2.13. The number of thioether (sulfide) groups is 1. The number of benzene rings is 1. The van der Waals surface area contributed by atoms with E-state index in [-0.39, 0.29) is 45.7 Å². The van der Waals surface area contributed by atoms with Crippen molar-refractivity contribution in [2.75, 3.05) is 11.9 Å². The molecule has 0 aliphatic carbocycles. The molecule has 39 heavy (non-hydrogen) atoms. The maximum atomic E-state index is 14.4. The average molecular weight is 623 g/mol. The second-order valence-corrected chi connectivity index (χ2v) is 16.2. The molecule has 0 aromatic heterocycles. The van der Waals surface area contributed by atoms with Crippen LogP contribution in [0.2, 0.25) is 0 Å². The molecule has 8 atom stereocenters. The number of anilines is 1. The normalized spacial score (nSPS) is 31.7. The number of hydrogen-bond donors (Lipinski definition) is 3. The third-order valence-corrected chi connectivity index (χ3v) is 11.8. The SMILES string of the molecule is CC[C@H](C)[C@H](CO)N1C(=O)[C@@H]2[C@H](C(=O)Nc3ccccc3)[C@H]3SC2(CC3Br)C1C(=O)NC(C)(C)CC(C)(C)C. The lowest BCUT2D eigenvalue weighted by Crippen LogP contribution is -2.61. The first-order chi connectivity index (χ1) is 18.2. The van der Waals surface area contributed by atoms with Crippen LogP contribution in [0.3, 0.4) is 0 Å². The third kappa shape index (κ3) is 5.65. The van der Waals surface area contributed by atoms with Crippen molar-refractivity contribution in [2.45, 2.75) is 100 Å². The summed E-state index contributed by atoms with van der Waals surface area (Å²) in [4.78, 5) is 44.1. The van der Waals surface area contributed by atoms with Crippen molar-refractivity contribution in [3.63, 3.8) is 0 Å². The van der Waals surface area contributed by atoms with Crippen LogP contribution in [0.15, 0.2) is 30.3 Å². The molecule has 0 saturated carbocycles. The first-order valence-corrected chi connectivity index (χ1v) is 15.9. The van der Waals surface area contributed by atoms with E-state index in [0.29, 0.717) is 12.1 Å². The quantitative estimate of drug-likeness (QED) is 0.343. The second kappa shape index (κ2) is 11.0. The topological polar surface area (TPSA) is 98.7 Å². The monoisotopic (exact) mass is 621 g/mol. The Morgan fingerprint density at radius 1 is 1.18 bits per heavy atom. The van der Waals surface area contributed by atoms with Gasteiger partial charge in [0.05, 0.1) is 29.2 Å². The maximum absolute atomic E-state index is 14.4. The smallest absolute Gasteiger partial charge is 0.244 e. The summed E-state index contributed by atoms with van der Waals surface area (Å²) in [5.41, 5.74) is 0.182. The van der Waals surface area contributed by atoms with Gasteiger partial charge in [-0.05, 0) is 50.2 Å². The summed E-state index contributed by atoms with van der Waals surface area (Å²) in [5, 5.41) is 16.7. The highest BCUT2D eigenvalue weighted by Crippen LogP contribution is 2.68. The number of carbonyl (C=O) groups is 3. The third-order valence-electron chi connectivity index (χ3n) is 8.60. The molecule has 3 amide bonds. The fourth-order valence-electron chi connectivity index (χ4n) is 7.36. The number of rotatable bonds is 9. The Labute approximate surface area is 245 Å². The zero-order chi connectivity index (χ0) is 28.9. The molecule has 3 N–H and O–H groups in total. The molecular weight excluding hydrogens is 578 g/mol. The van der Waals surface area contributed by atoms with E-state index in [1.54, 1.807) is 16.7 Å². The molecule has 3 unspecified atom stereocenters. The number of para-hydroxylation sites is 1. The second-order valence-electron chi connectivity index (χ2n) is 13.5. The maximum Gasteiger partial charge on any atom is 0.244 e. The molecule has 1 aromatic rings. The minimum atomic E-state index is -0.773. The van der Waals surface area contributed by atoms with Crippen LogP contribution in [-0.2, 0) is 14.4 Å². The molecule has 3 aliphatic heterocycles. The molecule has 1 aromatic carbocycles. The zero-order valence-electron chi connectivity index (χ0n) is 24.2. The molecule has 3 fully saturated rings. The number of carbonyl (C=O) groups excluding carboxylic acids is 3. The molecule has 3 aliphatic rings. The summed E-state index contributed by atoms with van der Waals surface area (Å²) in [6.45, 7) is 14.3. The van der Waals surface area contributed by atoms with Crippen molar-refractivity contribution in [2.24, 2.45) is 23.2 Å². The van der Waals surface area contributed by atoms with Crippen LogP contribution in [0.4, 0.5) is 5.69 Å². The minimum Gasteiger partial charge on any atom is -0.394 e. The fraction of sp³-hybridized carbons (Fsp3) is 0.700. The lowest BCUT2D eigenvalue weighted by Gasteiger charge is -2.41. The standard InChI is InChI=1S/C30H44BrN3O4S/c1-8-17(2)20(15-35)34-24(26(37)33-29(6,7)16-28(3,4)5)30-14-19(31)23(39-30)21(22(30)27(34)38)25(36)32-18-12-10-9-11-13-18/h9-13,17,19-24,35H,8,14-16H2,1-7H3,(H,32,36)(H,33,37)/t17-,19?,20-,21-,22-,23-,24?,30?/m0/s1. The highest BCUT2D eigenvalue weighted by atomic mass is 79.9. The molecule has 3 saturated heterocycles. The molecule has 9 heteroatoms. The van der Waals surface area contributed by atoms with E-state index in [2.05, 4.69) is 47.3 Å². The number of hydrogen-bond acceptors (Lipinski definition) is 5. The van der Waals surface area contributed by atoms with Crippen molar-refractivity contribution >= 4 is 51.1 Å². The van der Waals surface area contributed by atoms with Crippen molar-refractivity contribution in [1.29, 1.82) is 0 Å². The van der Waals surface area contributed by atoms with Gasteiger partial charge in [0, 0.05) is 21.3 Å². The van der Waals surface area contributed by atoms with Crippen LogP contribution in [0.25, 0.3) is 0 Å². The number of alkyl halides is 1. The number of aliphatic hydroxyl groups excluding tert-OH is 1. The summed E-state index contributed by atoms with van der Waals surface area (Å²) in [6, 6.07) is 8.00. The van der Waals surface area contributed by atoms with E-state index in [4.69, 9.17) is 0 Å². The Hall–Kier alpha value is -1.58. The van der Waals surface area contributed by atoms with Gasteiger partial charge in [-0.15, -0.1) is 11.8 Å². The Balaban J connectivity index is 1.75. The number of nitrogens with zero attached hydrogens (tertiary/aromatic N) is 1. The zero-order valence-corrected chi connectivity index (χ0v) is 26.6. The molecule has 1 spiro atoms. The van der Waals surface area contributed by atoms with Crippen molar-refractivity contribution in [3.05, 3.63) is 30.3 Å². The van der Waals surface area contributed by atoms with Gasteiger partial charge in [-0.2, -0.15) is 0 Å². The van der Waals surface area contributed by atoms with Gasteiger partial charge in [0.25, 0.3) is 0 Å². The molecule has 2 bridgehead atoms. The van der Waals surface area contributed by atoms with Crippen LogP contribution in [0.1, 0.15) is 67.7 Å². The highest BCUT2D eigenvalue weighted by Gasteiger charge is 2.76. The van der Waals surface area contributed by atoms with E-state index in [1.807, 2.05) is 58.0 Å². The van der Waals surface area contributed by atoms with E-state index in [1.165, 1.54) is 0 Å².